The van der Waals surface area contributed by atoms with Gasteiger partial charge in [0.05, 0.1) is 12.6 Å². The van der Waals surface area contributed by atoms with Gasteiger partial charge in [0.15, 0.2) is 0 Å². The van der Waals surface area contributed by atoms with Crippen molar-refractivity contribution in [2.45, 2.75) is 72.1 Å². The predicted octanol–water partition coefficient (Wildman–Crippen LogP) is 3.02. The zero-order valence-corrected chi connectivity index (χ0v) is 32.4. The van der Waals surface area contributed by atoms with Crippen molar-refractivity contribution in [1.82, 2.24) is 41.0 Å². The van der Waals surface area contributed by atoms with Crippen LogP contribution in [0.3, 0.4) is 0 Å². The Labute approximate surface area is 318 Å². The molecule has 0 radical (unpaired) electrons. The van der Waals surface area contributed by atoms with Crippen LogP contribution in [0.5, 0.6) is 0 Å². The summed E-state index contributed by atoms with van der Waals surface area (Å²) in [5.74, 6) is -3.40. The van der Waals surface area contributed by atoms with Crippen molar-refractivity contribution in [3.8, 4) is 0 Å². The van der Waals surface area contributed by atoms with E-state index in [2.05, 4.69) is 31.2 Å². The highest BCUT2D eigenvalue weighted by Gasteiger charge is 2.31. The molecular weight excluding hydrogens is 709 g/mol. The Bertz CT molecular complexity index is 2040. The van der Waals surface area contributed by atoms with Crippen LogP contribution in [0.1, 0.15) is 76.4 Å². The number of amides is 6. The first-order valence-corrected chi connectivity index (χ1v) is 18.8. The van der Waals surface area contributed by atoms with Crippen molar-refractivity contribution in [2.24, 2.45) is 5.92 Å². The third-order valence-corrected chi connectivity index (χ3v) is 10.6. The first kappa shape index (κ1) is 39.6. The third kappa shape index (κ3) is 9.31. The van der Waals surface area contributed by atoms with E-state index < -0.39 is 59.6 Å². The van der Waals surface area contributed by atoms with E-state index in [1.165, 1.54) is 35.0 Å². The summed E-state index contributed by atoms with van der Waals surface area (Å²) in [5.41, 5.74) is 4.23. The lowest BCUT2D eigenvalue weighted by atomic mass is 10.0. The monoisotopic (exact) mass is 756 g/mol. The van der Waals surface area contributed by atoms with Gasteiger partial charge in [-0.25, -0.2) is 4.98 Å². The second-order valence-corrected chi connectivity index (χ2v) is 15.0. The van der Waals surface area contributed by atoms with E-state index in [0.29, 0.717) is 17.0 Å². The SMILES string of the molecule is Cc1[nH]c2ccc(C(=O)N3CCN(C)C(=O)[C@@H](C)NC(=O)[C@H](C(C)C)NC(=O)[C@H](C)NC(=O)c4csc(n4)[C@H](Cc4ccccc4)NC(=O)C3)cc2c1C. The van der Waals surface area contributed by atoms with E-state index >= 15 is 0 Å². The van der Waals surface area contributed by atoms with Gasteiger partial charge in [-0.2, -0.15) is 0 Å². The van der Waals surface area contributed by atoms with Gasteiger partial charge in [-0.3, -0.25) is 28.8 Å². The number of hydrogen-bond donors (Lipinski definition) is 5. The molecule has 3 heterocycles. The number of aryl methyl sites for hydroxylation is 2. The van der Waals surface area contributed by atoms with E-state index in [0.717, 1.165) is 27.7 Å². The van der Waals surface area contributed by atoms with Crippen molar-refractivity contribution >= 4 is 57.7 Å². The van der Waals surface area contributed by atoms with Gasteiger partial charge in [0.25, 0.3) is 11.8 Å². The molecule has 2 aromatic carbocycles. The van der Waals surface area contributed by atoms with Gasteiger partial charge in [0.1, 0.15) is 28.8 Å². The second kappa shape index (κ2) is 17.1. The lowest BCUT2D eigenvalue weighted by molar-refractivity contribution is -0.136. The summed E-state index contributed by atoms with van der Waals surface area (Å²) in [6.07, 6.45) is 0.351. The molecule has 4 aromatic rings. The highest BCUT2D eigenvalue weighted by Crippen LogP contribution is 2.25. The minimum Gasteiger partial charge on any atom is -0.358 e. The van der Waals surface area contributed by atoms with Gasteiger partial charge in [-0.05, 0) is 69.4 Å². The molecule has 5 rings (SSSR count). The van der Waals surface area contributed by atoms with Crippen LogP contribution in [0.4, 0.5) is 0 Å². The molecule has 0 unspecified atom stereocenters. The maximum atomic E-state index is 14.2. The quantitative estimate of drug-likeness (QED) is 0.212. The lowest BCUT2D eigenvalue weighted by Gasteiger charge is -2.29. The molecule has 0 aliphatic carbocycles. The Hall–Kier alpha value is -5.57. The van der Waals surface area contributed by atoms with Crippen LogP contribution in [-0.4, -0.2) is 100 Å². The minimum atomic E-state index is -1.02. The molecule has 6 amide bonds. The molecule has 2 aromatic heterocycles. The molecule has 2 bridgehead atoms. The van der Waals surface area contributed by atoms with Gasteiger partial charge >= 0.3 is 0 Å². The Kier molecular flexibility index (Phi) is 12.5. The van der Waals surface area contributed by atoms with Crippen LogP contribution in [0, 0.1) is 19.8 Å². The van der Waals surface area contributed by atoms with Crippen LogP contribution in [0.2, 0.25) is 0 Å². The number of carbonyl (C=O) groups excluding carboxylic acids is 6. The van der Waals surface area contributed by atoms with Gasteiger partial charge in [0.2, 0.25) is 23.6 Å². The van der Waals surface area contributed by atoms with Crippen molar-refractivity contribution in [1.29, 1.82) is 0 Å². The van der Waals surface area contributed by atoms with Crippen LogP contribution in [0.25, 0.3) is 10.9 Å². The molecule has 5 N–H and O–H groups in total. The molecule has 0 fully saturated rings. The number of nitrogens with zero attached hydrogens (tertiary/aromatic N) is 3. The summed E-state index contributed by atoms with van der Waals surface area (Å²) < 4.78 is 0. The number of aromatic amines is 1. The van der Waals surface area contributed by atoms with E-state index in [4.69, 9.17) is 0 Å². The number of likely N-dealkylation sites (N-methyl/N-ethyl adjacent to an activating group) is 1. The predicted molar refractivity (Wildman–Crippen MR) is 206 cm³/mol. The van der Waals surface area contributed by atoms with E-state index in [1.807, 2.05) is 50.2 Å². The highest BCUT2D eigenvalue weighted by atomic mass is 32.1. The fourth-order valence-electron chi connectivity index (χ4n) is 6.27. The number of nitrogens with one attached hydrogen (secondary N) is 5. The number of thiazole rings is 1. The van der Waals surface area contributed by atoms with Crippen LogP contribution in [-0.2, 0) is 25.6 Å². The first-order chi connectivity index (χ1) is 25.6. The van der Waals surface area contributed by atoms with E-state index in [9.17, 15) is 28.8 Å². The average molecular weight is 757 g/mol. The summed E-state index contributed by atoms with van der Waals surface area (Å²) >= 11 is 1.18. The average Bonchev–Trinajstić information content (AvgIpc) is 3.75. The number of rotatable bonds is 4. The lowest BCUT2D eigenvalue weighted by Crippen LogP contribution is -2.57. The van der Waals surface area contributed by atoms with Crippen LogP contribution < -0.4 is 21.3 Å². The summed E-state index contributed by atoms with van der Waals surface area (Å²) in [7, 11) is 1.56. The molecule has 15 heteroatoms. The zero-order valence-electron chi connectivity index (χ0n) is 31.6. The Morgan fingerprint density at radius 1 is 0.907 bits per heavy atom. The molecule has 286 valence electrons. The smallest absolute Gasteiger partial charge is 0.271 e. The molecule has 14 nitrogen and oxygen atoms in total. The number of hydrogen-bond acceptors (Lipinski definition) is 8. The largest absolute Gasteiger partial charge is 0.358 e. The molecule has 4 atom stereocenters. The van der Waals surface area contributed by atoms with Crippen molar-refractivity contribution in [3.05, 3.63) is 87.0 Å². The maximum Gasteiger partial charge on any atom is 0.271 e. The highest BCUT2D eigenvalue weighted by molar-refractivity contribution is 7.09. The van der Waals surface area contributed by atoms with Crippen molar-refractivity contribution in [2.75, 3.05) is 26.7 Å². The van der Waals surface area contributed by atoms with Crippen LogP contribution in [0.15, 0.2) is 53.9 Å². The summed E-state index contributed by atoms with van der Waals surface area (Å²) in [6, 6.07) is 11.2. The normalized spacial score (nSPS) is 21.3. The Morgan fingerprint density at radius 2 is 1.63 bits per heavy atom. The zero-order chi connectivity index (χ0) is 39.3. The van der Waals surface area contributed by atoms with Gasteiger partial charge < -0.3 is 36.1 Å². The molecule has 0 spiro atoms. The standard InChI is InChI=1S/C39H48N8O6S/c1-21(2)33-36(51)42-25(6)38(52)46(7)15-16-47(39(53)27-13-14-29-28(18-27)22(3)23(4)40-29)19-32(48)43-30(17-26-11-9-8-10-12-26)37-44-31(20-54-37)35(50)41-24(5)34(49)45-33/h8-14,18,20-21,24-25,30,33,40H,15-17,19H2,1-7H3,(H,41,50)(H,42,51)(H,43,48)(H,45,49)/t24-,25+,30-,33-/m0/s1. The Morgan fingerprint density at radius 3 is 2.33 bits per heavy atom. The first-order valence-electron chi connectivity index (χ1n) is 18.0. The van der Waals surface area contributed by atoms with E-state index in [-0.39, 0.29) is 31.2 Å². The molecule has 54 heavy (non-hydrogen) atoms. The number of carbonyl (C=O) groups is 6. The number of benzene rings is 2. The third-order valence-electron chi connectivity index (χ3n) is 9.65. The van der Waals surface area contributed by atoms with Crippen molar-refractivity contribution < 1.29 is 28.8 Å². The molecule has 1 aliphatic rings. The van der Waals surface area contributed by atoms with Crippen molar-refractivity contribution in [3.63, 3.8) is 0 Å². The molecular formula is C39H48N8O6S. The summed E-state index contributed by atoms with van der Waals surface area (Å²) in [6.45, 7) is 10.2. The fraction of sp³-hybridized carbons (Fsp3) is 0.410. The topological polar surface area (TPSA) is 186 Å². The van der Waals surface area contributed by atoms with E-state index in [1.54, 1.807) is 38.4 Å². The van der Waals surface area contributed by atoms with Gasteiger partial charge in [-0.1, -0.05) is 44.2 Å². The van der Waals surface area contributed by atoms with Gasteiger partial charge in [-0.15, -0.1) is 11.3 Å². The van der Waals surface area contributed by atoms with Crippen LogP contribution >= 0.6 is 11.3 Å². The number of H-pyrrole nitrogens is 1. The summed E-state index contributed by atoms with van der Waals surface area (Å²) in [5, 5.41) is 14.0. The molecule has 0 saturated carbocycles. The second-order valence-electron chi connectivity index (χ2n) is 14.2. The number of fused-ring (bicyclic) bond motifs is 3. The molecule has 1 aliphatic heterocycles. The Balaban J connectivity index is 1.50. The fourth-order valence-corrected chi connectivity index (χ4v) is 7.12. The molecule has 0 saturated heterocycles. The number of aromatic nitrogens is 2. The minimum absolute atomic E-state index is 0.00579. The van der Waals surface area contributed by atoms with Gasteiger partial charge in [0, 0.05) is 47.7 Å². The summed E-state index contributed by atoms with van der Waals surface area (Å²) in [4.78, 5) is 92.1. The maximum absolute atomic E-state index is 14.2.